The number of anilines is 1. The molecule has 7 nitrogen and oxygen atoms in total. The molecule has 7 heteroatoms. The van der Waals surface area contributed by atoms with Gasteiger partial charge < -0.3 is 14.2 Å². The van der Waals surface area contributed by atoms with Crippen LogP contribution in [0.3, 0.4) is 0 Å². The van der Waals surface area contributed by atoms with E-state index in [1.54, 1.807) is 68.1 Å². The zero-order chi connectivity index (χ0) is 19.8. The van der Waals surface area contributed by atoms with Crippen molar-refractivity contribution in [2.75, 3.05) is 19.6 Å². The molecule has 0 saturated heterocycles. The summed E-state index contributed by atoms with van der Waals surface area (Å²) < 4.78 is 15.9. The van der Waals surface area contributed by atoms with Crippen LogP contribution in [0.4, 0.5) is 5.82 Å². The molecular formula is C21H19N3O4. The molecule has 28 heavy (non-hydrogen) atoms. The van der Waals surface area contributed by atoms with Crippen molar-refractivity contribution in [3.63, 3.8) is 0 Å². The minimum atomic E-state index is -0.487. The van der Waals surface area contributed by atoms with Crippen molar-refractivity contribution < 1.29 is 19.0 Å². The standard InChI is InChI=1S/C21H19N3O4/c1-26-17-9-7-16(8-10-17)21(25)28-18-11-6-15(13-19(18)27-2)14-23-24-20-5-3-4-12-22-20/h3-14H,1-2H3,(H,22,24). The van der Waals surface area contributed by atoms with Gasteiger partial charge in [-0.25, -0.2) is 9.78 Å². The van der Waals surface area contributed by atoms with Gasteiger partial charge in [0.25, 0.3) is 0 Å². The highest BCUT2D eigenvalue weighted by Gasteiger charge is 2.13. The van der Waals surface area contributed by atoms with Crippen molar-refractivity contribution >= 4 is 18.0 Å². The van der Waals surface area contributed by atoms with E-state index in [1.807, 2.05) is 12.1 Å². The number of nitrogens with one attached hydrogen (secondary N) is 1. The zero-order valence-electron chi connectivity index (χ0n) is 15.5. The number of hydrazone groups is 1. The van der Waals surface area contributed by atoms with E-state index in [0.717, 1.165) is 5.56 Å². The molecule has 142 valence electrons. The first-order chi connectivity index (χ1) is 13.7. The predicted molar refractivity (Wildman–Crippen MR) is 106 cm³/mol. The van der Waals surface area contributed by atoms with E-state index in [9.17, 15) is 4.79 Å². The topological polar surface area (TPSA) is 82.0 Å². The zero-order valence-corrected chi connectivity index (χ0v) is 15.5. The van der Waals surface area contributed by atoms with Crippen LogP contribution >= 0.6 is 0 Å². The second-order valence-electron chi connectivity index (χ2n) is 5.61. The van der Waals surface area contributed by atoms with E-state index >= 15 is 0 Å². The molecule has 0 spiro atoms. The van der Waals surface area contributed by atoms with Gasteiger partial charge in [-0.1, -0.05) is 6.07 Å². The molecule has 0 fully saturated rings. The van der Waals surface area contributed by atoms with Gasteiger partial charge >= 0.3 is 5.97 Å². The highest BCUT2D eigenvalue weighted by atomic mass is 16.6. The summed E-state index contributed by atoms with van der Waals surface area (Å²) in [6, 6.07) is 17.3. The lowest BCUT2D eigenvalue weighted by Gasteiger charge is -2.10. The van der Waals surface area contributed by atoms with Crippen LogP contribution in [-0.4, -0.2) is 31.4 Å². The summed E-state index contributed by atoms with van der Waals surface area (Å²) in [5, 5.41) is 4.13. The molecule has 1 heterocycles. The summed E-state index contributed by atoms with van der Waals surface area (Å²) in [5.41, 5.74) is 4.01. The van der Waals surface area contributed by atoms with Crippen LogP contribution in [0.15, 0.2) is 72.0 Å². The molecule has 0 bridgehead atoms. The molecule has 0 unspecified atom stereocenters. The first kappa shape index (κ1) is 18.9. The lowest BCUT2D eigenvalue weighted by molar-refractivity contribution is 0.0729. The van der Waals surface area contributed by atoms with Gasteiger partial charge in [0.1, 0.15) is 11.6 Å². The number of methoxy groups -OCH3 is 2. The first-order valence-corrected chi connectivity index (χ1v) is 8.44. The van der Waals surface area contributed by atoms with Crippen LogP contribution < -0.4 is 19.6 Å². The Balaban J connectivity index is 1.69. The van der Waals surface area contributed by atoms with Crippen molar-refractivity contribution in [3.8, 4) is 17.2 Å². The number of esters is 1. The molecule has 1 N–H and O–H groups in total. The van der Waals surface area contributed by atoms with E-state index in [1.165, 1.54) is 7.11 Å². The van der Waals surface area contributed by atoms with Gasteiger partial charge in [0, 0.05) is 6.20 Å². The molecule has 0 radical (unpaired) electrons. The molecular weight excluding hydrogens is 358 g/mol. The fraction of sp³-hybridized carbons (Fsp3) is 0.0952. The van der Waals surface area contributed by atoms with Crippen LogP contribution in [0.25, 0.3) is 0 Å². The third kappa shape index (κ3) is 4.85. The number of ether oxygens (including phenoxy) is 3. The molecule has 3 aromatic rings. The lowest BCUT2D eigenvalue weighted by Crippen LogP contribution is -2.09. The molecule has 0 aliphatic heterocycles. The van der Waals surface area contributed by atoms with E-state index < -0.39 is 5.97 Å². The average molecular weight is 377 g/mol. The second-order valence-corrected chi connectivity index (χ2v) is 5.61. The van der Waals surface area contributed by atoms with Crippen LogP contribution in [-0.2, 0) is 0 Å². The van der Waals surface area contributed by atoms with Crippen LogP contribution in [0.5, 0.6) is 17.2 Å². The minimum absolute atomic E-state index is 0.318. The van der Waals surface area contributed by atoms with Gasteiger partial charge in [-0.15, -0.1) is 0 Å². The van der Waals surface area contributed by atoms with Gasteiger partial charge in [0.15, 0.2) is 11.5 Å². The Bertz CT molecular complexity index is 957. The van der Waals surface area contributed by atoms with Crippen LogP contribution in [0, 0.1) is 0 Å². The molecule has 0 aliphatic carbocycles. The lowest BCUT2D eigenvalue weighted by atomic mass is 10.2. The van der Waals surface area contributed by atoms with Gasteiger partial charge in [-0.3, -0.25) is 5.43 Å². The van der Waals surface area contributed by atoms with Crippen molar-refractivity contribution in [1.29, 1.82) is 0 Å². The second kappa shape index (κ2) is 9.18. The maximum atomic E-state index is 12.3. The third-order valence-corrected chi connectivity index (χ3v) is 3.77. The number of aromatic nitrogens is 1. The number of nitrogens with zero attached hydrogens (tertiary/aromatic N) is 2. The molecule has 0 amide bonds. The number of carbonyl (C=O) groups excluding carboxylic acids is 1. The predicted octanol–water partition coefficient (Wildman–Crippen LogP) is 3.76. The highest BCUT2D eigenvalue weighted by Crippen LogP contribution is 2.28. The van der Waals surface area contributed by atoms with Gasteiger partial charge in [0.2, 0.25) is 0 Å². The number of rotatable bonds is 7. The molecule has 1 aromatic heterocycles. The summed E-state index contributed by atoms with van der Waals surface area (Å²) in [5.74, 6) is 1.55. The van der Waals surface area contributed by atoms with Gasteiger partial charge in [-0.05, 0) is 60.2 Å². The van der Waals surface area contributed by atoms with Crippen LogP contribution in [0.1, 0.15) is 15.9 Å². The number of pyridine rings is 1. The number of carbonyl (C=O) groups is 1. The van der Waals surface area contributed by atoms with Crippen molar-refractivity contribution in [1.82, 2.24) is 4.98 Å². The largest absolute Gasteiger partial charge is 0.497 e. The summed E-state index contributed by atoms with van der Waals surface area (Å²) in [7, 11) is 3.07. The Morgan fingerprint density at radius 1 is 1.00 bits per heavy atom. The number of hydrogen-bond acceptors (Lipinski definition) is 7. The monoisotopic (exact) mass is 377 g/mol. The maximum absolute atomic E-state index is 12.3. The SMILES string of the molecule is COc1ccc(C(=O)Oc2ccc(C=NNc3ccccn3)cc2OC)cc1. The highest BCUT2D eigenvalue weighted by molar-refractivity contribution is 5.91. The summed E-state index contributed by atoms with van der Waals surface area (Å²) >= 11 is 0. The average Bonchev–Trinajstić information content (AvgIpc) is 2.75. The summed E-state index contributed by atoms with van der Waals surface area (Å²) in [6.45, 7) is 0. The Morgan fingerprint density at radius 3 is 2.50 bits per heavy atom. The quantitative estimate of drug-likeness (QED) is 0.292. The number of hydrogen-bond donors (Lipinski definition) is 1. The maximum Gasteiger partial charge on any atom is 0.343 e. The summed E-state index contributed by atoms with van der Waals surface area (Å²) in [6.07, 6.45) is 3.29. The van der Waals surface area contributed by atoms with Crippen molar-refractivity contribution in [2.45, 2.75) is 0 Å². The summed E-state index contributed by atoms with van der Waals surface area (Å²) in [4.78, 5) is 16.4. The first-order valence-electron chi connectivity index (χ1n) is 8.44. The fourth-order valence-electron chi connectivity index (χ4n) is 2.34. The Hall–Kier alpha value is -3.87. The number of benzene rings is 2. The molecule has 0 atom stereocenters. The van der Waals surface area contributed by atoms with E-state index in [-0.39, 0.29) is 0 Å². The normalized spacial score (nSPS) is 10.5. The van der Waals surface area contributed by atoms with E-state index in [2.05, 4.69) is 15.5 Å². The van der Waals surface area contributed by atoms with Gasteiger partial charge in [-0.2, -0.15) is 5.10 Å². The van der Waals surface area contributed by atoms with Gasteiger partial charge in [0.05, 0.1) is 26.0 Å². The Kier molecular flexibility index (Phi) is 6.20. The Labute approximate surface area is 162 Å². The molecule has 0 saturated carbocycles. The third-order valence-electron chi connectivity index (χ3n) is 3.77. The fourth-order valence-corrected chi connectivity index (χ4v) is 2.34. The van der Waals surface area contributed by atoms with Crippen molar-refractivity contribution in [2.24, 2.45) is 5.10 Å². The molecule has 0 aliphatic rings. The smallest absolute Gasteiger partial charge is 0.343 e. The molecule has 3 rings (SSSR count). The van der Waals surface area contributed by atoms with Crippen LogP contribution in [0.2, 0.25) is 0 Å². The Morgan fingerprint density at radius 2 is 1.82 bits per heavy atom. The van der Waals surface area contributed by atoms with Crippen molar-refractivity contribution in [3.05, 3.63) is 78.0 Å². The van der Waals surface area contributed by atoms with E-state index in [4.69, 9.17) is 14.2 Å². The minimum Gasteiger partial charge on any atom is -0.497 e. The van der Waals surface area contributed by atoms with E-state index in [0.29, 0.717) is 28.6 Å². The molecule has 2 aromatic carbocycles.